The molecule has 64 valence electrons. The van der Waals surface area contributed by atoms with Crippen LogP contribution in [0.15, 0.2) is 0 Å². The predicted octanol–water partition coefficient (Wildman–Crippen LogP) is -0.814. The molecule has 0 saturated heterocycles. The standard InChI is InChI=1S/2C2H6O.CH4N2S/c2*1-2-3;2-1(3)4/h2*3H,2H2,1H3;(H4,2,3,4). The number of hydrogen-bond donors (Lipinski definition) is 4. The van der Waals surface area contributed by atoms with Crippen LogP contribution in [0.3, 0.4) is 0 Å². The summed E-state index contributed by atoms with van der Waals surface area (Å²) in [6.45, 7) is 3.86. The van der Waals surface area contributed by atoms with Gasteiger partial charge in [0.25, 0.3) is 0 Å². The Balaban J connectivity index is -0.0000000750. The number of thiocarbonyl (C=S) groups is 1. The van der Waals surface area contributed by atoms with Crippen LogP contribution in [0.25, 0.3) is 0 Å². The van der Waals surface area contributed by atoms with E-state index in [1.54, 1.807) is 13.8 Å². The second kappa shape index (κ2) is 23.5. The Kier molecular flexibility index (Phi) is 38.3. The summed E-state index contributed by atoms with van der Waals surface area (Å²) in [6.07, 6.45) is 0. The quantitative estimate of drug-likeness (QED) is 0.355. The predicted molar refractivity (Wildman–Crippen MR) is 46.5 cm³/mol. The van der Waals surface area contributed by atoms with Crippen LogP contribution in [-0.2, 0) is 0 Å². The van der Waals surface area contributed by atoms with Crippen LogP contribution < -0.4 is 11.5 Å². The lowest BCUT2D eigenvalue weighted by atomic mass is 10.9. The molecule has 0 fully saturated rings. The van der Waals surface area contributed by atoms with Gasteiger partial charge in [-0.25, -0.2) is 0 Å². The minimum atomic E-state index is 0.000000000000000222. The monoisotopic (exact) mass is 168 g/mol. The molecule has 0 aromatic heterocycles. The summed E-state index contributed by atoms with van der Waals surface area (Å²) in [5, 5.41) is 15.1. The van der Waals surface area contributed by atoms with Gasteiger partial charge in [0, 0.05) is 13.2 Å². The lowest BCUT2D eigenvalue weighted by Gasteiger charge is -1.68. The van der Waals surface area contributed by atoms with Crippen molar-refractivity contribution in [2.45, 2.75) is 13.8 Å². The zero-order valence-electron chi connectivity index (χ0n) is 6.37. The molecule has 0 heterocycles. The Labute approximate surface area is 66.8 Å². The fourth-order valence-corrected chi connectivity index (χ4v) is 0. The Hall–Kier alpha value is -0.390. The van der Waals surface area contributed by atoms with Gasteiger partial charge in [-0.1, -0.05) is 0 Å². The molecular formula is C5H16N2O2S. The minimum Gasteiger partial charge on any atom is -0.397 e. The number of aliphatic hydroxyl groups excluding tert-OH is 2. The van der Waals surface area contributed by atoms with E-state index in [4.69, 9.17) is 10.2 Å². The van der Waals surface area contributed by atoms with Gasteiger partial charge in [-0.3, -0.25) is 0 Å². The SMILES string of the molecule is CCO.CCO.NC(N)=S. The molecule has 0 radical (unpaired) electrons. The van der Waals surface area contributed by atoms with Gasteiger partial charge in [0.1, 0.15) is 0 Å². The van der Waals surface area contributed by atoms with E-state index in [0.717, 1.165) is 0 Å². The summed E-state index contributed by atoms with van der Waals surface area (Å²) in [5.74, 6) is 0. The first-order valence-corrected chi connectivity index (χ1v) is 3.24. The maximum atomic E-state index is 7.57. The molecule has 0 aromatic carbocycles. The average Bonchev–Trinajstić information content (AvgIpc) is 1.65. The van der Waals surface area contributed by atoms with Crippen molar-refractivity contribution in [3.63, 3.8) is 0 Å². The number of rotatable bonds is 0. The molecule has 0 aliphatic heterocycles. The Morgan fingerprint density at radius 3 is 1.20 bits per heavy atom. The van der Waals surface area contributed by atoms with Gasteiger partial charge in [0.2, 0.25) is 0 Å². The van der Waals surface area contributed by atoms with Crippen LogP contribution in [-0.4, -0.2) is 28.5 Å². The van der Waals surface area contributed by atoms with E-state index in [1.807, 2.05) is 0 Å². The lowest BCUT2D eigenvalue weighted by Crippen LogP contribution is -2.18. The van der Waals surface area contributed by atoms with E-state index in [0.29, 0.717) is 0 Å². The average molecular weight is 168 g/mol. The normalized spacial score (nSPS) is 6.00. The van der Waals surface area contributed by atoms with Crippen LogP contribution in [0.5, 0.6) is 0 Å². The number of aliphatic hydroxyl groups is 2. The van der Waals surface area contributed by atoms with Crippen LogP contribution in [0.4, 0.5) is 0 Å². The highest BCUT2D eigenvalue weighted by atomic mass is 32.1. The maximum absolute atomic E-state index is 7.57. The van der Waals surface area contributed by atoms with E-state index in [-0.39, 0.29) is 18.3 Å². The third kappa shape index (κ3) is 2190. The van der Waals surface area contributed by atoms with Crippen LogP contribution in [0.1, 0.15) is 13.8 Å². The highest BCUT2D eigenvalue weighted by Gasteiger charge is 1.53. The molecule has 4 nitrogen and oxygen atoms in total. The summed E-state index contributed by atoms with van der Waals surface area (Å²) in [6, 6.07) is 0. The first-order chi connectivity index (χ1) is 4.56. The summed E-state index contributed by atoms with van der Waals surface area (Å²) in [7, 11) is 0. The highest BCUT2D eigenvalue weighted by Crippen LogP contribution is 1.32. The van der Waals surface area contributed by atoms with Gasteiger partial charge >= 0.3 is 0 Å². The van der Waals surface area contributed by atoms with Gasteiger partial charge in [-0.2, -0.15) is 0 Å². The topological polar surface area (TPSA) is 92.5 Å². The van der Waals surface area contributed by atoms with Gasteiger partial charge in [-0.05, 0) is 26.1 Å². The van der Waals surface area contributed by atoms with E-state index in [2.05, 4.69) is 23.7 Å². The smallest absolute Gasteiger partial charge is 0.160 e. The van der Waals surface area contributed by atoms with Gasteiger partial charge < -0.3 is 21.7 Å². The van der Waals surface area contributed by atoms with Crippen molar-refractivity contribution in [1.82, 2.24) is 0 Å². The molecule has 0 saturated carbocycles. The van der Waals surface area contributed by atoms with Crippen molar-refractivity contribution in [3.05, 3.63) is 0 Å². The van der Waals surface area contributed by atoms with Crippen molar-refractivity contribution in [2.75, 3.05) is 13.2 Å². The summed E-state index contributed by atoms with van der Waals surface area (Å²) < 4.78 is 0. The van der Waals surface area contributed by atoms with Crippen molar-refractivity contribution >= 4 is 17.3 Å². The van der Waals surface area contributed by atoms with Gasteiger partial charge in [0.15, 0.2) is 5.11 Å². The first-order valence-electron chi connectivity index (χ1n) is 2.83. The van der Waals surface area contributed by atoms with Gasteiger partial charge in [0.05, 0.1) is 0 Å². The van der Waals surface area contributed by atoms with Crippen molar-refractivity contribution in [2.24, 2.45) is 11.5 Å². The van der Waals surface area contributed by atoms with E-state index >= 15 is 0 Å². The molecule has 0 unspecified atom stereocenters. The number of nitrogens with two attached hydrogens (primary N) is 2. The van der Waals surface area contributed by atoms with Gasteiger partial charge in [-0.15, -0.1) is 0 Å². The van der Waals surface area contributed by atoms with E-state index in [9.17, 15) is 0 Å². The minimum absolute atomic E-state index is 0.000000000000000222. The molecule has 0 aliphatic carbocycles. The van der Waals surface area contributed by atoms with E-state index < -0.39 is 0 Å². The molecule has 6 N–H and O–H groups in total. The molecule has 0 bridgehead atoms. The molecule has 0 amide bonds. The second-order valence-electron chi connectivity index (χ2n) is 1.03. The molecule has 0 spiro atoms. The largest absolute Gasteiger partial charge is 0.397 e. The molecule has 0 rings (SSSR count). The fraction of sp³-hybridized carbons (Fsp3) is 0.800. The van der Waals surface area contributed by atoms with Crippen LogP contribution in [0, 0.1) is 0 Å². The summed E-state index contributed by atoms with van der Waals surface area (Å²) in [4.78, 5) is 0. The fourth-order valence-electron chi connectivity index (χ4n) is 0. The molecule has 0 aromatic rings. The third-order valence-corrected chi connectivity index (χ3v) is 0. The molecule has 0 aliphatic rings. The Morgan fingerprint density at radius 1 is 1.20 bits per heavy atom. The van der Waals surface area contributed by atoms with Crippen LogP contribution in [0.2, 0.25) is 0 Å². The third-order valence-electron chi connectivity index (χ3n) is 0. The van der Waals surface area contributed by atoms with E-state index in [1.165, 1.54) is 0 Å². The molecular weight excluding hydrogens is 152 g/mol. The van der Waals surface area contributed by atoms with Crippen molar-refractivity contribution < 1.29 is 10.2 Å². The molecule has 0 atom stereocenters. The Bertz CT molecular complexity index is 55.6. The highest BCUT2D eigenvalue weighted by molar-refractivity contribution is 7.80. The van der Waals surface area contributed by atoms with Crippen molar-refractivity contribution in [3.8, 4) is 0 Å². The summed E-state index contributed by atoms with van der Waals surface area (Å²) in [5.41, 5.74) is 9.24. The lowest BCUT2D eigenvalue weighted by molar-refractivity contribution is 0.318. The first kappa shape index (κ1) is 16.3. The second-order valence-corrected chi connectivity index (χ2v) is 1.51. The Morgan fingerprint density at radius 2 is 1.20 bits per heavy atom. The zero-order chi connectivity index (χ0) is 8.99. The van der Waals surface area contributed by atoms with Crippen LogP contribution >= 0.6 is 12.2 Å². The maximum Gasteiger partial charge on any atom is 0.160 e. The zero-order valence-corrected chi connectivity index (χ0v) is 7.19. The molecule has 10 heavy (non-hydrogen) atoms. The number of hydrogen-bond acceptors (Lipinski definition) is 3. The molecule has 5 heteroatoms. The van der Waals surface area contributed by atoms with Crippen molar-refractivity contribution in [1.29, 1.82) is 0 Å². The summed E-state index contributed by atoms with van der Waals surface area (Å²) >= 11 is 4.09.